The van der Waals surface area contributed by atoms with Crippen molar-refractivity contribution < 1.29 is 0 Å². The highest BCUT2D eigenvalue weighted by Gasteiger charge is 2.16. The summed E-state index contributed by atoms with van der Waals surface area (Å²) >= 11 is 1.91. The van der Waals surface area contributed by atoms with Crippen molar-refractivity contribution in [3.8, 4) is 16.1 Å². The highest BCUT2D eigenvalue weighted by molar-refractivity contribution is 7.23. The molecule has 0 saturated heterocycles. The van der Waals surface area contributed by atoms with Gasteiger partial charge < -0.3 is 4.57 Å². The number of hydrogen-bond donors (Lipinski definition) is 0. The average molecular weight is 476 g/mol. The molecule has 0 saturated carbocycles. The van der Waals surface area contributed by atoms with Crippen molar-refractivity contribution in [2.45, 2.75) is 0 Å². The van der Waals surface area contributed by atoms with E-state index in [0.717, 1.165) is 0 Å². The monoisotopic (exact) mass is 475 g/mol. The molecule has 2 heteroatoms. The molecule has 0 aliphatic heterocycles. The lowest BCUT2D eigenvalue weighted by Crippen LogP contribution is -1.92. The number of nitrogens with zero attached hydrogens (tertiary/aromatic N) is 1. The Labute approximate surface area is 212 Å². The highest BCUT2D eigenvalue weighted by atomic mass is 32.1. The van der Waals surface area contributed by atoms with Crippen molar-refractivity contribution in [2.75, 3.05) is 0 Å². The Morgan fingerprint density at radius 2 is 1.00 bits per heavy atom. The third-order valence-electron chi connectivity index (χ3n) is 7.38. The molecule has 168 valence electrons. The van der Waals surface area contributed by atoms with Gasteiger partial charge in [-0.2, -0.15) is 0 Å². The molecule has 0 radical (unpaired) electrons. The molecular weight excluding hydrogens is 454 g/mol. The predicted molar refractivity (Wildman–Crippen MR) is 157 cm³/mol. The van der Waals surface area contributed by atoms with Crippen LogP contribution in [-0.4, -0.2) is 4.57 Å². The van der Waals surface area contributed by atoms with E-state index in [9.17, 15) is 0 Å². The summed E-state index contributed by atoms with van der Waals surface area (Å²) in [6, 6.07) is 46.4. The second-order valence-corrected chi connectivity index (χ2v) is 10.4. The van der Waals surface area contributed by atoms with Crippen LogP contribution >= 0.6 is 11.3 Å². The first-order valence-corrected chi connectivity index (χ1v) is 13.1. The summed E-state index contributed by atoms with van der Waals surface area (Å²) in [5.74, 6) is 0. The molecule has 0 unspecified atom stereocenters. The second kappa shape index (κ2) is 7.55. The lowest BCUT2D eigenvalue weighted by Gasteiger charge is -2.07. The van der Waals surface area contributed by atoms with Gasteiger partial charge in [-0.25, -0.2) is 0 Å². The van der Waals surface area contributed by atoms with Crippen LogP contribution in [0.5, 0.6) is 0 Å². The van der Waals surface area contributed by atoms with Crippen molar-refractivity contribution in [3.63, 3.8) is 0 Å². The number of aromatic nitrogens is 1. The molecule has 2 aromatic heterocycles. The Hall–Kier alpha value is -4.40. The Morgan fingerprint density at radius 1 is 0.417 bits per heavy atom. The number of para-hydroxylation sites is 2. The van der Waals surface area contributed by atoms with Crippen molar-refractivity contribution >= 4 is 64.8 Å². The molecule has 0 spiro atoms. The quantitative estimate of drug-likeness (QED) is 0.219. The number of fused-ring (bicyclic) bond motifs is 9. The number of rotatable bonds is 2. The molecule has 0 N–H and O–H groups in total. The Bertz CT molecular complexity index is 2020. The van der Waals surface area contributed by atoms with Gasteiger partial charge in [-0.3, -0.25) is 0 Å². The molecule has 8 aromatic rings. The third kappa shape index (κ3) is 2.76. The standard InChI is InChI=1S/C34H21NS/c1-2-10-23(11-3-1)35-31-17-9-8-15-27(31)29-20-22(18-19-32(29)35)33-21-30-26-14-5-4-12-24(26)25-13-6-7-16-28(25)34(30)36-33/h1-21H. The summed E-state index contributed by atoms with van der Waals surface area (Å²) in [5, 5.41) is 9.24. The van der Waals surface area contributed by atoms with Crippen LogP contribution in [0.2, 0.25) is 0 Å². The number of thiophene rings is 1. The molecule has 0 fully saturated rings. The number of benzene rings is 6. The molecule has 2 heterocycles. The van der Waals surface area contributed by atoms with Gasteiger partial charge in [0.2, 0.25) is 0 Å². The van der Waals surface area contributed by atoms with Crippen LogP contribution in [0.25, 0.3) is 69.6 Å². The first kappa shape index (κ1) is 19.9. The molecule has 0 bridgehead atoms. The van der Waals surface area contributed by atoms with Gasteiger partial charge in [0, 0.05) is 36.8 Å². The lowest BCUT2D eigenvalue weighted by atomic mass is 9.98. The van der Waals surface area contributed by atoms with Crippen molar-refractivity contribution in [2.24, 2.45) is 0 Å². The van der Waals surface area contributed by atoms with Crippen LogP contribution in [0.1, 0.15) is 0 Å². The summed E-state index contributed by atoms with van der Waals surface area (Å²) in [7, 11) is 0. The molecule has 8 rings (SSSR count). The first-order valence-electron chi connectivity index (χ1n) is 12.3. The van der Waals surface area contributed by atoms with Crippen molar-refractivity contribution in [1.82, 2.24) is 4.57 Å². The van der Waals surface area contributed by atoms with Crippen LogP contribution in [0.15, 0.2) is 127 Å². The Kier molecular flexibility index (Phi) is 4.16. The third-order valence-corrected chi connectivity index (χ3v) is 8.60. The fraction of sp³-hybridized carbons (Fsp3) is 0. The minimum Gasteiger partial charge on any atom is -0.309 e. The Morgan fingerprint density at radius 3 is 1.78 bits per heavy atom. The summed E-state index contributed by atoms with van der Waals surface area (Å²) in [4.78, 5) is 1.31. The minimum atomic E-state index is 1.19. The zero-order chi connectivity index (χ0) is 23.6. The number of hydrogen-bond acceptors (Lipinski definition) is 1. The largest absolute Gasteiger partial charge is 0.309 e. The van der Waals surface area contributed by atoms with Gasteiger partial charge in [-0.1, -0.05) is 91.0 Å². The van der Waals surface area contributed by atoms with E-state index >= 15 is 0 Å². The molecular formula is C34H21NS. The van der Waals surface area contributed by atoms with Gasteiger partial charge >= 0.3 is 0 Å². The van der Waals surface area contributed by atoms with E-state index in [4.69, 9.17) is 0 Å². The predicted octanol–water partition coefficient (Wildman–Crippen LogP) is 9.97. The maximum Gasteiger partial charge on any atom is 0.0541 e. The van der Waals surface area contributed by atoms with Gasteiger partial charge in [-0.05, 0) is 58.1 Å². The van der Waals surface area contributed by atoms with Crippen molar-refractivity contribution in [1.29, 1.82) is 0 Å². The smallest absolute Gasteiger partial charge is 0.0541 e. The first-order chi connectivity index (χ1) is 17.9. The van der Waals surface area contributed by atoms with E-state index in [1.54, 1.807) is 0 Å². The zero-order valence-electron chi connectivity index (χ0n) is 19.5. The van der Waals surface area contributed by atoms with E-state index in [2.05, 4.69) is 132 Å². The fourth-order valence-electron chi connectivity index (χ4n) is 5.78. The summed E-state index contributed by atoms with van der Waals surface area (Å²) in [6.45, 7) is 0. The van der Waals surface area contributed by atoms with Crippen LogP contribution in [0, 0.1) is 0 Å². The van der Waals surface area contributed by atoms with E-state index in [1.165, 1.54) is 69.6 Å². The molecule has 0 amide bonds. The van der Waals surface area contributed by atoms with E-state index in [-0.39, 0.29) is 0 Å². The molecule has 36 heavy (non-hydrogen) atoms. The summed E-state index contributed by atoms with van der Waals surface area (Å²) in [5.41, 5.74) is 4.94. The zero-order valence-corrected chi connectivity index (χ0v) is 20.3. The van der Waals surface area contributed by atoms with Gasteiger partial charge in [0.1, 0.15) is 0 Å². The molecule has 0 atom stereocenters. The van der Waals surface area contributed by atoms with Gasteiger partial charge in [0.15, 0.2) is 0 Å². The lowest BCUT2D eigenvalue weighted by molar-refractivity contribution is 1.18. The highest BCUT2D eigenvalue weighted by Crippen LogP contribution is 2.44. The average Bonchev–Trinajstić information content (AvgIpc) is 3.54. The van der Waals surface area contributed by atoms with Gasteiger partial charge in [0.25, 0.3) is 0 Å². The minimum absolute atomic E-state index is 1.19. The fourth-order valence-corrected chi connectivity index (χ4v) is 6.99. The summed E-state index contributed by atoms with van der Waals surface area (Å²) in [6.07, 6.45) is 0. The molecule has 6 aromatic carbocycles. The second-order valence-electron chi connectivity index (χ2n) is 9.36. The van der Waals surface area contributed by atoms with Crippen LogP contribution in [0.3, 0.4) is 0 Å². The topological polar surface area (TPSA) is 4.93 Å². The van der Waals surface area contributed by atoms with Crippen LogP contribution in [0.4, 0.5) is 0 Å². The SMILES string of the molecule is c1ccc(-n2c3ccccc3c3cc(-c4cc5c6ccccc6c6ccccc6c5s4)ccc32)cc1. The van der Waals surface area contributed by atoms with Gasteiger partial charge in [-0.15, -0.1) is 11.3 Å². The van der Waals surface area contributed by atoms with Crippen LogP contribution in [-0.2, 0) is 0 Å². The summed E-state index contributed by atoms with van der Waals surface area (Å²) < 4.78 is 3.74. The maximum absolute atomic E-state index is 2.40. The normalized spacial score (nSPS) is 11.9. The molecule has 0 aliphatic rings. The Balaban J connectivity index is 1.42. The van der Waals surface area contributed by atoms with Crippen molar-refractivity contribution in [3.05, 3.63) is 127 Å². The maximum atomic E-state index is 2.40. The van der Waals surface area contributed by atoms with Gasteiger partial charge in [0.05, 0.1) is 11.0 Å². The van der Waals surface area contributed by atoms with E-state index < -0.39 is 0 Å². The van der Waals surface area contributed by atoms with E-state index in [1.807, 2.05) is 11.3 Å². The molecule has 1 nitrogen and oxygen atoms in total. The van der Waals surface area contributed by atoms with E-state index in [0.29, 0.717) is 0 Å². The van der Waals surface area contributed by atoms with Crippen LogP contribution < -0.4 is 0 Å². The molecule has 0 aliphatic carbocycles.